The molecule has 4 nitrogen and oxygen atoms in total. The molecule has 0 radical (unpaired) electrons. The molecule has 2 aromatic carbocycles. The summed E-state index contributed by atoms with van der Waals surface area (Å²) >= 11 is 5.92. The highest BCUT2D eigenvalue weighted by atomic mass is 35.5. The molecule has 2 aromatic rings. The molecule has 5 heteroatoms. The summed E-state index contributed by atoms with van der Waals surface area (Å²) < 4.78 is 0. The van der Waals surface area contributed by atoms with E-state index < -0.39 is 0 Å². The molecule has 126 valence electrons. The Hall–Kier alpha value is -1.88. The predicted molar refractivity (Wildman–Crippen MR) is 98.2 cm³/mol. The summed E-state index contributed by atoms with van der Waals surface area (Å²) in [6.45, 7) is 5.15. The van der Waals surface area contributed by atoms with Gasteiger partial charge in [0.15, 0.2) is 0 Å². The lowest BCUT2D eigenvalue weighted by Gasteiger charge is -2.34. The highest BCUT2D eigenvalue weighted by Gasteiger charge is 2.19. The molecule has 24 heavy (non-hydrogen) atoms. The van der Waals surface area contributed by atoms with Gasteiger partial charge in [0.1, 0.15) is 0 Å². The second-order valence-electron chi connectivity index (χ2n) is 6.09. The van der Waals surface area contributed by atoms with Crippen LogP contribution in [-0.4, -0.2) is 48.4 Å². The number of nitrogens with one attached hydrogen (secondary N) is 1. The van der Waals surface area contributed by atoms with Gasteiger partial charge in [0.2, 0.25) is 5.91 Å². The Bertz CT molecular complexity index is 652. The van der Waals surface area contributed by atoms with Crippen molar-refractivity contribution in [3.05, 3.63) is 65.2 Å². The summed E-state index contributed by atoms with van der Waals surface area (Å²) in [6, 6.07) is 17.6. The second kappa shape index (κ2) is 8.29. The van der Waals surface area contributed by atoms with Crippen LogP contribution < -0.4 is 5.32 Å². The number of hydrogen-bond donors (Lipinski definition) is 1. The SMILES string of the molecule is O=C(CN1CCN(Cc2ccc(Cl)cc2)CC1)Nc1ccccc1. The van der Waals surface area contributed by atoms with Crippen LogP contribution in [0.3, 0.4) is 0 Å². The van der Waals surface area contributed by atoms with E-state index in [1.54, 1.807) is 0 Å². The van der Waals surface area contributed by atoms with E-state index in [0.29, 0.717) is 6.54 Å². The van der Waals surface area contributed by atoms with E-state index >= 15 is 0 Å². The summed E-state index contributed by atoms with van der Waals surface area (Å²) in [5, 5.41) is 3.71. The van der Waals surface area contributed by atoms with Crippen LogP contribution in [0.5, 0.6) is 0 Å². The molecule has 1 aliphatic heterocycles. The van der Waals surface area contributed by atoms with Gasteiger partial charge in [0.05, 0.1) is 6.54 Å². The number of halogens is 1. The van der Waals surface area contributed by atoms with Gasteiger partial charge < -0.3 is 5.32 Å². The van der Waals surface area contributed by atoms with Gasteiger partial charge >= 0.3 is 0 Å². The first kappa shape index (κ1) is 17.0. The number of hydrogen-bond acceptors (Lipinski definition) is 3. The van der Waals surface area contributed by atoms with Gasteiger partial charge in [-0.1, -0.05) is 41.9 Å². The van der Waals surface area contributed by atoms with E-state index in [4.69, 9.17) is 11.6 Å². The lowest BCUT2D eigenvalue weighted by Crippen LogP contribution is -2.48. The van der Waals surface area contributed by atoms with Crippen LogP contribution in [0.15, 0.2) is 54.6 Å². The molecular formula is C19H22ClN3O. The fraction of sp³-hybridized carbons (Fsp3) is 0.316. The molecule has 1 saturated heterocycles. The van der Waals surface area contributed by atoms with Crippen molar-refractivity contribution in [2.45, 2.75) is 6.54 Å². The molecule has 0 unspecified atom stereocenters. The van der Waals surface area contributed by atoms with Crippen molar-refractivity contribution < 1.29 is 4.79 Å². The Balaban J connectivity index is 1.41. The zero-order chi connectivity index (χ0) is 16.8. The van der Waals surface area contributed by atoms with Crippen LogP contribution in [0.2, 0.25) is 5.02 Å². The van der Waals surface area contributed by atoms with Crippen molar-refractivity contribution in [3.8, 4) is 0 Å². The van der Waals surface area contributed by atoms with Crippen molar-refractivity contribution in [3.63, 3.8) is 0 Å². The monoisotopic (exact) mass is 343 g/mol. The summed E-state index contributed by atoms with van der Waals surface area (Å²) in [5.74, 6) is 0.0485. The van der Waals surface area contributed by atoms with E-state index in [9.17, 15) is 4.79 Å². The normalized spacial score (nSPS) is 16.0. The van der Waals surface area contributed by atoms with Gasteiger partial charge in [-0.05, 0) is 29.8 Å². The third kappa shape index (κ3) is 5.06. The smallest absolute Gasteiger partial charge is 0.238 e. The molecule has 1 fully saturated rings. The molecule has 0 atom stereocenters. The Morgan fingerprint density at radius 1 is 0.917 bits per heavy atom. The third-order valence-electron chi connectivity index (χ3n) is 4.21. The number of rotatable bonds is 5. The molecule has 0 saturated carbocycles. The van der Waals surface area contributed by atoms with E-state index in [1.165, 1.54) is 5.56 Å². The second-order valence-corrected chi connectivity index (χ2v) is 6.53. The number of benzene rings is 2. The van der Waals surface area contributed by atoms with Crippen molar-refractivity contribution in [2.24, 2.45) is 0 Å². The Morgan fingerprint density at radius 2 is 1.54 bits per heavy atom. The third-order valence-corrected chi connectivity index (χ3v) is 4.46. The zero-order valence-electron chi connectivity index (χ0n) is 13.6. The molecule has 0 aromatic heterocycles. The average molecular weight is 344 g/mol. The van der Waals surface area contributed by atoms with Crippen molar-refractivity contribution in [2.75, 3.05) is 38.0 Å². The molecule has 1 aliphatic rings. The van der Waals surface area contributed by atoms with Crippen molar-refractivity contribution in [1.29, 1.82) is 0 Å². The molecule has 1 heterocycles. The largest absolute Gasteiger partial charge is 0.325 e. The van der Waals surface area contributed by atoms with Crippen LogP contribution in [-0.2, 0) is 11.3 Å². The van der Waals surface area contributed by atoms with Gasteiger partial charge in [-0.3, -0.25) is 14.6 Å². The fourth-order valence-electron chi connectivity index (χ4n) is 2.88. The van der Waals surface area contributed by atoms with Crippen LogP contribution in [0.1, 0.15) is 5.56 Å². The molecule has 1 amide bonds. The Morgan fingerprint density at radius 3 is 2.21 bits per heavy atom. The van der Waals surface area contributed by atoms with Crippen molar-refractivity contribution in [1.82, 2.24) is 9.80 Å². The number of carbonyl (C=O) groups is 1. The molecule has 3 rings (SSSR count). The maximum Gasteiger partial charge on any atom is 0.238 e. The highest BCUT2D eigenvalue weighted by molar-refractivity contribution is 6.30. The average Bonchev–Trinajstić information content (AvgIpc) is 2.59. The standard InChI is InChI=1S/C19H22ClN3O/c20-17-8-6-16(7-9-17)14-22-10-12-23(13-11-22)15-19(24)21-18-4-2-1-3-5-18/h1-9H,10-15H2,(H,21,24). The minimum absolute atomic E-state index is 0.0485. The Kier molecular flexibility index (Phi) is 5.86. The Labute approximate surface area is 148 Å². The van der Waals surface area contributed by atoms with Crippen LogP contribution in [0, 0.1) is 0 Å². The maximum absolute atomic E-state index is 12.1. The van der Waals surface area contributed by atoms with Crippen LogP contribution >= 0.6 is 11.6 Å². The minimum atomic E-state index is 0.0485. The van der Waals surface area contributed by atoms with Gasteiger partial charge in [-0.15, -0.1) is 0 Å². The minimum Gasteiger partial charge on any atom is -0.325 e. The topological polar surface area (TPSA) is 35.6 Å². The van der Waals surface area contributed by atoms with Gasteiger partial charge in [0, 0.05) is 43.4 Å². The lowest BCUT2D eigenvalue weighted by molar-refractivity contribution is -0.117. The maximum atomic E-state index is 12.1. The highest BCUT2D eigenvalue weighted by Crippen LogP contribution is 2.13. The summed E-state index contributed by atoms with van der Waals surface area (Å²) in [6.07, 6.45) is 0. The molecule has 0 spiro atoms. The predicted octanol–water partition coefficient (Wildman–Crippen LogP) is 3.10. The fourth-order valence-corrected chi connectivity index (χ4v) is 3.00. The van der Waals surface area contributed by atoms with Gasteiger partial charge in [0.25, 0.3) is 0 Å². The molecular weight excluding hydrogens is 322 g/mol. The number of para-hydroxylation sites is 1. The zero-order valence-corrected chi connectivity index (χ0v) is 14.4. The lowest BCUT2D eigenvalue weighted by atomic mass is 10.2. The van der Waals surface area contributed by atoms with Gasteiger partial charge in [-0.25, -0.2) is 0 Å². The quantitative estimate of drug-likeness (QED) is 0.906. The van der Waals surface area contributed by atoms with Gasteiger partial charge in [-0.2, -0.15) is 0 Å². The summed E-state index contributed by atoms with van der Waals surface area (Å²) in [7, 11) is 0. The molecule has 0 aliphatic carbocycles. The van der Waals surface area contributed by atoms with Crippen LogP contribution in [0.25, 0.3) is 0 Å². The van der Waals surface area contributed by atoms with E-state index in [1.807, 2.05) is 42.5 Å². The first-order chi connectivity index (χ1) is 11.7. The van der Waals surface area contributed by atoms with E-state index in [2.05, 4.69) is 27.2 Å². The van der Waals surface area contributed by atoms with Crippen LogP contribution in [0.4, 0.5) is 5.69 Å². The van der Waals surface area contributed by atoms with E-state index in [-0.39, 0.29) is 5.91 Å². The first-order valence-corrected chi connectivity index (χ1v) is 8.61. The summed E-state index contributed by atoms with van der Waals surface area (Å²) in [5.41, 5.74) is 2.12. The molecule has 1 N–H and O–H groups in total. The van der Waals surface area contributed by atoms with Crippen molar-refractivity contribution >= 4 is 23.2 Å². The number of anilines is 1. The number of amides is 1. The number of piperazine rings is 1. The van der Waals surface area contributed by atoms with E-state index in [0.717, 1.165) is 43.4 Å². The number of nitrogens with zero attached hydrogens (tertiary/aromatic N) is 2. The number of carbonyl (C=O) groups excluding carboxylic acids is 1. The first-order valence-electron chi connectivity index (χ1n) is 8.23. The molecule has 0 bridgehead atoms. The summed E-state index contributed by atoms with van der Waals surface area (Å²) in [4.78, 5) is 16.7.